The summed E-state index contributed by atoms with van der Waals surface area (Å²) in [6.45, 7) is 3.77. The first-order chi connectivity index (χ1) is 6.70. The van der Waals surface area contributed by atoms with E-state index in [0.717, 1.165) is 12.8 Å². The van der Waals surface area contributed by atoms with E-state index in [9.17, 15) is 4.79 Å². The molecule has 2 N–H and O–H groups in total. The summed E-state index contributed by atoms with van der Waals surface area (Å²) in [6.07, 6.45) is 5.62. The van der Waals surface area contributed by atoms with Crippen molar-refractivity contribution < 1.29 is 9.53 Å². The zero-order valence-electron chi connectivity index (χ0n) is 8.98. The molecule has 0 aliphatic carbocycles. The number of nitrogens with two attached hydrogens (primary N) is 1. The molecule has 0 rings (SSSR count). The van der Waals surface area contributed by atoms with Crippen molar-refractivity contribution in [1.29, 1.82) is 0 Å². The molecule has 1 unspecified atom stereocenters. The lowest BCUT2D eigenvalue weighted by Crippen LogP contribution is -2.26. The first-order valence-electron chi connectivity index (χ1n) is 4.79. The molecular formula is C10H20N2O2. The third kappa shape index (κ3) is 7.76. The van der Waals surface area contributed by atoms with Gasteiger partial charge >= 0.3 is 0 Å². The van der Waals surface area contributed by atoms with Gasteiger partial charge in [0.15, 0.2) is 0 Å². The third-order valence-electron chi connectivity index (χ3n) is 1.75. The van der Waals surface area contributed by atoms with Gasteiger partial charge in [0.1, 0.15) is 0 Å². The predicted molar refractivity (Wildman–Crippen MR) is 56.9 cm³/mol. The molecule has 14 heavy (non-hydrogen) atoms. The maximum Gasteiger partial charge on any atom is 0.210 e. The molecule has 1 amide bonds. The minimum Gasteiger partial charge on any atom is -0.383 e. The lowest BCUT2D eigenvalue weighted by molar-refractivity contribution is -0.118. The molecule has 4 nitrogen and oxygen atoms in total. The number of hydrogen-bond donors (Lipinski definition) is 1. The van der Waals surface area contributed by atoms with E-state index in [4.69, 9.17) is 10.5 Å². The topological polar surface area (TPSA) is 55.6 Å². The molecule has 0 aromatic heterocycles. The molecule has 0 bridgehead atoms. The van der Waals surface area contributed by atoms with Gasteiger partial charge in [-0.15, -0.1) is 0 Å². The van der Waals surface area contributed by atoms with Crippen LogP contribution in [0.3, 0.4) is 0 Å². The summed E-state index contributed by atoms with van der Waals surface area (Å²) >= 11 is 0. The fourth-order valence-electron chi connectivity index (χ4n) is 0.916. The van der Waals surface area contributed by atoms with Crippen LogP contribution in [0.25, 0.3) is 0 Å². The summed E-state index contributed by atoms with van der Waals surface area (Å²) in [4.78, 5) is 12.2. The fraction of sp³-hybridized carbons (Fsp3) is 0.700. The Balaban J connectivity index is 3.60. The van der Waals surface area contributed by atoms with Crippen molar-refractivity contribution in [1.82, 2.24) is 4.90 Å². The molecule has 0 aliphatic heterocycles. The van der Waals surface area contributed by atoms with Crippen LogP contribution in [0.1, 0.15) is 13.3 Å². The molecule has 0 heterocycles. The van der Waals surface area contributed by atoms with E-state index in [0.29, 0.717) is 19.7 Å². The number of ether oxygens (including phenoxy) is 1. The van der Waals surface area contributed by atoms with Crippen LogP contribution in [-0.4, -0.2) is 44.2 Å². The summed E-state index contributed by atoms with van der Waals surface area (Å²) < 4.78 is 4.87. The van der Waals surface area contributed by atoms with E-state index >= 15 is 0 Å². The molecule has 1 atom stereocenters. The number of hydrogen-bond acceptors (Lipinski definition) is 3. The third-order valence-corrected chi connectivity index (χ3v) is 1.75. The van der Waals surface area contributed by atoms with Crippen LogP contribution in [0, 0.1) is 0 Å². The Morgan fingerprint density at radius 2 is 2.21 bits per heavy atom. The maximum absolute atomic E-state index is 10.6. The quantitative estimate of drug-likeness (QED) is 0.455. The van der Waals surface area contributed by atoms with Crippen LogP contribution in [0.2, 0.25) is 0 Å². The van der Waals surface area contributed by atoms with Gasteiger partial charge in [0, 0.05) is 26.2 Å². The maximum atomic E-state index is 10.6. The van der Waals surface area contributed by atoms with Gasteiger partial charge < -0.3 is 15.4 Å². The number of carbonyl (C=O) groups is 1. The highest BCUT2D eigenvalue weighted by Crippen LogP contribution is 1.90. The first-order valence-corrected chi connectivity index (χ1v) is 4.79. The van der Waals surface area contributed by atoms with Crippen LogP contribution in [0.5, 0.6) is 0 Å². The van der Waals surface area contributed by atoms with E-state index in [1.807, 2.05) is 19.1 Å². The second kappa shape index (κ2) is 8.72. The minimum absolute atomic E-state index is 0.176. The zero-order valence-corrected chi connectivity index (χ0v) is 8.98. The van der Waals surface area contributed by atoms with Gasteiger partial charge in [-0.2, -0.15) is 0 Å². The number of carbonyl (C=O) groups excluding carboxylic acids is 1. The van der Waals surface area contributed by atoms with Crippen molar-refractivity contribution in [2.75, 3.05) is 26.8 Å². The lowest BCUT2D eigenvalue weighted by atomic mass is 10.2. The highest BCUT2D eigenvalue weighted by molar-refractivity contribution is 5.47. The van der Waals surface area contributed by atoms with Crippen LogP contribution >= 0.6 is 0 Å². The summed E-state index contributed by atoms with van der Waals surface area (Å²) in [7, 11) is 1.62. The molecule has 0 aromatic rings. The van der Waals surface area contributed by atoms with E-state index in [-0.39, 0.29) is 6.04 Å². The lowest BCUT2D eigenvalue weighted by Gasteiger charge is -2.13. The van der Waals surface area contributed by atoms with Gasteiger partial charge in [-0.25, -0.2) is 0 Å². The van der Waals surface area contributed by atoms with Crippen LogP contribution in [0.15, 0.2) is 12.2 Å². The summed E-state index contributed by atoms with van der Waals surface area (Å²) in [5.74, 6) is 0. The Bertz CT molecular complexity index is 170. The van der Waals surface area contributed by atoms with E-state index in [2.05, 4.69) is 0 Å². The number of methoxy groups -OCH3 is 1. The Morgan fingerprint density at radius 3 is 2.71 bits per heavy atom. The Hall–Kier alpha value is -0.870. The molecular weight excluding hydrogens is 180 g/mol. The SMILES string of the molecule is COCCN(C=O)C/C=C\CC(C)N. The molecule has 0 spiro atoms. The monoisotopic (exact) mass is 200 g/mol. The largest absolute Gasteiger partial charge is 0.383 e. The van der Waals surface area contributed by atoms with Crippen molar-refractivity contribution in [2.45, 2.75) is 19.4 Å². The highest BCUT2D eigenvalue weighted by atomic mass is 16.5. The van der Waals surface area contributed by atoms with Gasteiger partial charge in [0.2, 0.25) is 6.41 Å². The Morgan fingerprint density at radius 1 is 1.50 bits per heavy atom. The molecule has 0 saturated carbocycles. The Kier molecular flexibility index (Phi) is 8.17. The molecule has 0 fully saturated rings. The number of amides is 1. The molecule has 82 valence electrons. The predicted octanol–water partition coefficient (Wildman–Crippen LogP) is 0.385. The van der Waals surface area contributed by atoms with E-state index in [1.165, 1.54) is 0 Å². The standard InChI is InChI=1S/C10H20N2O2/c1-10(11)5-3-4-6-12(9-13)7-8-14-2/h3-4,9-10H,5-8,11H2,1-2H3/b4-3-. The van der Waals surface area contributed by atoms with Crippen molar-refractivity contribution in [3.63, 3.8) is 0 Å². The number of rotatable bonds is 8. The molecule has 4 heteroatoms. The highest BCUT2D eigenvalue weighted by Gasteiger charge is 1.97. The average molecular weight is 200 g/mol. The van der Waals surface area contributed by atoms with Gasteiger partial charge in [0.05, 0.1) is 6.61 Å². The van der Waals surface area contributed by atoms with Crippen LogP contribution < -0.4 is 5.73 Å². The molecule has 0 aromatic carbocycles. The van der Waals surface area contributed by atoms with E-state index < -0.39 is 0 Å². The van der Waals surface area contributed by atoms with Crippen molar-refractivity contribution in [3.8, 4) is 0 Å². The minimum atomic E-state index is 0.176. The van der Waals surface area contributed by atoms with Crippen LogP contribution in [-0.2, 0) is 9.53 Å². The van der Waals surface area contributed by atoms with Crippen molar-refractivity contribution in [3.05, 3.63) is 12.2 Å². The summed E-state index contributed by atoms with van der Waals surface area (Å²) in [5, 5.41) is 0. The summed E-state index contributed by atoms with van der Waals surface area (Å²) in [5.41, 5.74) is 5.57. The van der Waals surface area contributed by atoms with Crippen LogP contribution in [0.4, 0.5) is 0 Å². The van der Waals surface area contributed by atoms with Crippen molar-refractivity contribution in [2.24, 2.45) is 5.73 Å². The first kappa shape index (κ1) is 13.1. The van der Waals surface area contributed by atoms with Crippen molar-refractivity contribution >= 4 is 6.41 Å². The van der Waals surface area contributed by atoms with Gasteiger partial charge in [-0.1, -0.05) is 12.2 Å². The van der Waals surface area contributed by atoms with Gasteiger partial charge in [0.25, 0.3) is 0 Å². The zero-order chi connectivity index (χ0) is 10.8. The molecule has 0 radical (unpaired) electrons. The second-order valence-electron chi connectivity index (χ2n) is 3.28. The normalized spacial score (nSPS) is 13.1. The Labute approximate surface area is 85.7 Å². The molecule has 0 saturated heterocycles. The summed E-state index contributed by atoms with van der Waals surface area (Å²) in [6, 6.07) is 0.176. The number of nitrogens with zero attached hydrogens (tertiary/aromatic N) is 1. The van der Waals surface area contributed by atoms with Gasteiger partial charge in [-0.05, 0) is 13.3 Å². The molecule has 0 aliphatic rings. The average Bonchev–Trinajstić information content (AvgIpc) is 2.16. The smallest absolute Gasteiger partial charge is 0.210 e. The van der Waals surface area contributed by atoms with E-state index in [1.54, 1.807) is 12.0 Å². The fourth-order valence-corrected chi connectivity index (χ4v) is 0.916. The van der Waals surface area contributed by atoms with Gasteiger partial charge in [-0.3, -0.25) is 4.79 Å². The second-order valence-corrected chi connectivity index (χ2v) is 3.28.